The minimum atomic E-state index is -0.605. The lowest BCUT2D eigenvalue weighted by Crippen LogP contribution is -2.14. The Bertz CT molecular complexity index is 136. The van der Waals surface area contributed by atoms with Gasteiger partial charge in [-0.3, -0.25) is 0 Å². The van der Waals surface area contributed by atoms with Crippen molar-refractivity contribution in [3.8, 4) is 0 Å². The molecule has 78 valence electrons. The van der Waals surface area contributed by atoms with Crippen molar-refractivity contribution in [1.29, 1.82) is 0 Å². The van der Waals surface area contributed by atoms with Crippen LogP contribution < -0.4 is 0 Å². The number of hydrogen-bond donors (Lipinski definition) is 0. The second-order valence-electron chi connectivity index (χ2n) is 2.59. The molecule has 0 radical (unpaired) electrons. The Morgan fingerprint density at radius 3 is 2.46 bits per heavy atom. The Morgan fingerprint density at radius 2 is 1.92 bits per heavy atom. The molecule has 0 aliphatic carbocycles. The van der Waals surface area contributed by atoms with Gasteiger partial charge in [-0.2, -0.15) is 0 Å². The summed E-state index contributed by atoms with van der Waals surface area (Å²) in [5.74, 6) is 0. The molecule has 0 N–H and O–H groups in total. The summed E-state index contributed by atoms with van der Waals surface area (Å²) < 4.78 is 14.6. The van der Waals surface area contributed by atoms with Gasteiger partial charge in [0.1, 0.15) is 0 Å². The molecule has 0 spiro atoms. The number of carbonyl (C=O) groups is 1. The van der Waals surface area contributed by atoms with Crippen LogP contribution >= 0.6 is 0 Å². The van der Waals surface area contributed by atoms with E-state index in [1.54, 1.807) is 6.92 Å². The number of hydrogen-bond acceptors (Lipinski definition) is 4. The maximum absolute atomic E-state index is 10.7. The van der Waals surface area contributed by atoms with Gasteiger partial charge in [0.2, 0.25) is 0 Å². The quantitative estimate of drug-likeness (QED) is 0.601. The van der Waals surface area contributed by atoms with Gasteiger partial charge in [-0.1, -0.05) is 0 Å². The van der Waals surface area contributed by atoms with Crippen molar-refractivity contribution in [3.63, 3.8) is 0 Å². The summed E-state index contributed by atoms with van der Waals surface area (Å²) in [6.45, 7) is 6.99. The van der Waals surface area contributed by atoms with E-state index in [-0.39, 0.29) is 6.10 Å². The van der Waals surface area contributed by atoms with Gasteiger partial charge < -0.3 is 14.2 Å². The molecule has 0 aromatic heterocycles. The Labute approximate surface area is 79.2 Å². The average molecular weight is 190 g/mol. The topological polar surface area (TPSA) is 44.8 Å². The van der Waals surface area contributed by atoms with Gasteiger partial charge in [-0.25, -0.2) is 4.79 Å². The van der Waals surface area contributed by atoms with Crippen LogP contribution in [-0.4, -0.2) is 32.1 Å². The molecule has 0 aliphatic heterocycles. The number of ether oxygens (including phenoxy) is 3. The SMILES string of the molecule is CCOC(=O)OCCC(C)OCC. The van der Waals surface area contributed by atoms with Crippen LogP contribution in [0.5, 0.6) is 0 Å². The van der Waals surface area contributed by atoms with E-state index in [2.05, 4.69) is 4.74 Å². The molecule has 4 nitrogen and oxygen atoms in total. The van der Waals surface area contributed by atoms with E-state index in [4.69, 9.17) is 9.47 Å². The molecule has 4 heteroatoms. The molecule has 0 aromatic carbocycles. The van der Waals surface area contributed by atoms with Gasteiger partial charge in [0.25, 0.3) is 0 Å². The summed E-state index contributed by atoms with van der Waals surface area (Å²) in [7, 11) is 0. The average Bonchev–Trinajstić information content (AvgIpc) is 2.05. The lowest BCUT2D eigenvalue weighted by Gasteiger charge is -2.10. The van der Waals surface area contributed by atoms with Crippen molar-refractivity contribution in [1.82, 2.24) is 0 Å². The highest BCUT2D eigenvalue weighted by Gasteiger charge is 2.04. The first-order valence-corrected chi connectivity index (χ1v) is 4.61. The van der Waals surface area contributed by atoms with E-state index in [1.165, 1.54) is 0 Å². The van der Waals surface area contributed by atoms with Crippen LogP contribution in [0.25, 0.3) is 0 Å². The van der Waals surface area contributed by atoms with Crippen LogP contribution in [0.3, 0.4) is 0 Å². The molecule has 0 fully saturated rings. The zero-order chi connectivity index (χ0) is 10.1. The molecule has 0 heterocycles. The lowest BCUT2D eigenvalue weighted by atomic mass is 10.3. The van der Waals surface area contributed by atoms with Gasteiger partial charge >= 0.3 is 6.16 Å². The van der Waals surface area contributed by atoms with E-state index < -0.39 is 6.16 Å². The third-order valence-electron chi connectivity index (χ3n) is 1.46. The fourth-order valence-electron chi connectivity index (χ4n) is 0.836. The van der Waals surface area contributed by atoms with Crippen molar-refractivity contribution >= 4 is 6.16 Å². The Morgan fingerprint density at radius 1 is 1.23 bits per heavy atom. The van der Waals surface area contributed by atoms with Gasteiger partial charge in [0.15, 0.2) is 0 Å². The van der Waals surface area contributed by atoms with E-state index in [0.717, 1.165) is 0 Å². The van der Waals surface area contributed by atoms with Gasteiger partial charge in [0, 0.05) is 13.0 Å². The Balaban J connectivity index is 3.28. The lowest BCUT2D eigenvalue weighted by molar-refractivity contribution is 0.0283. The summed E-state index contributed by atoms with van der Waals surface area (Å²) in [4.78, 5) is 10.7. The van der Waals surface area contributed by atoms with Crippen LogP contribution in [0, 0.1) is 0 Å². The first-order chi connectivity index (χ1) is 6.20. The van der Waals surface area contributed by atoms with Crippen LogP contribution in [0.15, 0.2) is 0 Å². The van der Waals surface area contributed by atoms with Crippen molar-refractivity contribution in [3.05, 3.63) is 0 Å². The van der Waals surface area contributed by atoms with Crippen molar-refractivity contribution in [2.24, 2.45) is 0 Å². The van der Waals surface area contributed by atoms with Gasteiger partial charge in [0.05, 0.1) is 19.3 Å². The van der Waals surface area contributed by atoms with Crippen molar-refractivity contribution < 1.29 is 19.0 Å². The first-order valence-electron chi connectivity index (χ1n) is 4.61. The third kappa shape index (κ3) is 7.59. The molecule has 0 amide bonds. The minimum Gasteiger partial charge on any atom is -0.435 e. The summed E-state index contributed by atoms with van der Waals surface area (Å²) >= 11 is 0. The Kier molecular flexibility index (Phi) is 7.39. The minimum absolute atomic E-state index is 0.124. The Hall–Kier alpha value is -0.770. The highest BCUT2D eigenvalue weighted by atomic mass is 16.7. The summed E-state index contributed by atoms with van der Waals surface area (Å²) in [5, 5.41) is 0. The smallest absolute Gasteiger partial charge is 0.435 e. The van der Waals surface area contributed by atoms with Gasteiger partial charge in [-0.15, -0.1) is 0 Å². The largest absolute Gasteiger partial charge is 0.508 e. The summed E-state index contributed by atoms with van der Waals surface area (Å²) in [5.41, 5.74) is 0. The van der Waals surface area contributed by atoms with Crippen molar-refractivity contribution in [2.45, 2.75) is 33.3 Å². The fourth-order valence-corrected chi connectivity index (χ4v) is 0.836. The zero-order valence-corrected chi connectivity index (χ0v) is 8.54. The first kappa shape index (κ1) is 12.2. The number of rotatable bonds is 6. The molecule has 13 heavy (non-hydrogen) atoms. The maximum Gasteiger partial charge on any atom is 0.508 e. The fraction of sp³-hybridized carbons (Fsp3) is 0.889. The molecule has 0 saturated carbocycles. The molecule has 1 unspecified atom stereocenters. The highest BCUT2D eigenvalue weighted by molar-refractivity contribution is 5.59. The van der Waals surface area contributed by atoms with E-state index in [0.29, 0.717) is 26.2 Å². The monoisotopic (exact) mass is 190 g/mol. The molecule has 0 aromatic rings. The molecule has 0 aliphatic rings. The molecular weight excluding hydrogens is 172 g/mol. The number of carbonyl (C=O) groups excluding carboxylic acids is 1. The molecular formula is C9H18O4. The van der Waals surface area contributed by atoms with Crippen LogP contribution in [0.2, 0.25) is 0 Å². The molecule has 1 atom stereocenters. The molecule has 0 rings (SSSR count). The van der Waals surface area contributed by atoms with Crippen LogP contribution in [-0.2, 0) is 14.2 Å². The van der Waals surface area contributed by atoms with E-state index in [1.807, 2.05) is 13.8 Å². The summed E-state index contributed by atoms with van der Waals surface area (Å²) in [6, 6.07) is 0. The van der Waals surface area contributed by atoms with Crippen LogP contribution in [0.4, 0.5) is 4.79 Å². The molecule has 0 saturated heterocycles. The standard InChI is InChI=1S/C9H18O4/c1-4-11-8(3)6-7-13-9(10)12-5-2/h8H,4-7H2,1-3H3. The second kappa shape index (κ2) is 7.86. The maximum atomic E-state index is 10.7. The van der Waals surface area contributed by atoms with Crippen LogP contribution in [0.1, 0.15) is 27.2 Å². The van der Waals surface area contributed by atoms with Crippen molar-refractivity contribution in [2.75, 3.05) is 19.8 Å². The van der Waals surface area contributed by atoms with E-state index >= 15 is 0 Å². The second-order valence-corrected chi connectivity index (χ2v) is 2.59. The normalized spacial score (nSPS) is 12.2. The van der Waals surface area contributed by atoms with E-state index in [9.17, 15) is 4.79 Å². The third-order valence-corrected chi connectivity index (χ3v) is 1.46. The predicted molar refractivity (Wildman–Crippen MR) is 48.7 cm³/mol. The predicted octanol–water partition coefficient (Wildman–Crippen LogP) is 1.97. The highest BCUT2D eigenvalue weighted by Crippen LogP contribution is 1.98. The molecule has 0 bridgehead atoms. The van der Waals surface area contributed by atoms with Gasteiger partial charge in [-0.05, 0) is 20.8 Å². The zero-order valence-electron chi connectivity index (χ0n) is 8.54. The summed E-state index contributed by atoms with van der Waals surface area (Å²) in [6.07, 6.45) is 0.220.